The van der Waals surface area contributed by atoms with E-state index in [2.05, 4.69) is 17.0 Å². The molecule has 0 spiro atoms. The quantitative estimate of drug-likeness (QED) is 0.821. The Morgan fingerprint density at radius 3 is 2.83 bits per heavy atom. The maximum atomic E-state index is 9.30. The van der Waals surface area contributed by atoms with Crippen molar-refractivity contribution in [1.29, 1.82) is 0 Å². The minimum Gasteiger partial charge on any atom is -0.394 e. The minimum atomic E-state index is -0.671. The van der Waals surface area contributed by atoms with E-state index in [9.17, 15) is 5.11 Å². The van der Waals surface area contributed by atoms with Crippen LogP contribution in [0.5, 0.6) is 0 Å². The topological polar surface area (TPSA) is 58.7 Å². The summed E-state index contributed by atoms with van der Waals surface area (Å²) in [5.74, 6) is 0. The zero-order chi connectivity index (χ0) is 13.0. The summed E-state index contributed by atoms with van der Waals surface area (Å²) >= 11 is 0. The predicted octanol–water partition coefficient (Wildman–Crippen LogP) is 0.597. The molecule has 2 rings (SSSR count). The molecule has 2 atom stereocenters. The minimum absolute atomic E-state index is 0.0587. The average Bonchev–Trinajstić information content (AvgIpc) is 2.40. The molecule has 18 heavy (non-hydrogen) atoms. The summed E-state index contributed by atoms with van der Waals surface area (Å²) in [4.78, 5) is 2.32. The van der Waals surface area contributed by atoms with Gasteiger partial charge in [0.05, 0.1) is 24.9 Å². The second-order valence-electron chi connectivity index (χ2n) is 5.24. The highest BCUT2D eigenvalue weighted by molar-refractivity contribution is 5.14. The summed E-state index contributed by atoms with van der Waals surface area (Å²) in [5.41, 5.74) is 6.67. The highest BCUT2D eigenvalue weighted by atomic mass is 16.5. The lowest BCUT2D eigenvalue weighted by Crippen LogP contribution is -2.59. The molecule has 1 heterocycles. The zero-order valence-electron chi connectivity index (χ0n) is 10.9. The van der Waals surface area contributed by atoms with Crippen LogP contribution in [0, 0.1) is 0 Å². The number of hydrogen-bond donors (Lipinski definition) is 2. The third-order valence-electron chi connectivity index (χ3n) is 3.48. The van der Waals surface area contributed by atoms with Crippen LogP contribution in [0.1, 0.15) is 12.5 Å². The van der Waals surface area contributed by atoms with Crippen LogP contribution in [0.3, 0.4) is 0 Å². The third-order valence-corrected chi connectivity index (χ3v) is 3.48. The Morgan fingerprint density at radius 1 is 1.44 bits per heavy atom. The Labute approximate surface area is 108 Å². The van der Waals surface area contributed by atoms with Gasteiger partial charge in [0.15, 0.2) is 0 Å². The van der Waals surface area contributed by atoms with Crippen LogP contribution < -0.4 is 5.73 Å². The third kappa shape index (κ3) is 3.29. The number of aliphatic hydroxyl groups is 1. The molecule has 0 radical (unpaired) electrons. The van der Waals surface area contributed by atoms with Gasteiger partial charge in [0, 0.05) is 19.6 Å². The molecule has 0 aromatic heterocycles. The lowest BCUT2D eigenvalue weighted by atomic mass is 9.95. The van der Waals surface area contributed by atoms with Gasteiger partial charge >= 0.3 is 0 Å². The maximum Gasteiger partial charge on any atom is 0.0901 e. The van der Waals surface area contributed by atoms with E-state index < -0.39 is 5.54 Å². The van der Waals surface area contributed by atoms with Crippen LogP contribution in [-0.2, 0) is 11.3 Å². The molecule has 0 aliphatic carbocycles. The summed E-state index contributed by atoms with van der Waals surface area (Å²) in [7, 11) is 0. The van der Waals surface area contributed by atoms with Gasteiger partial charge in [-0.05, 0) is 12.5 Å². The first-order valence-corrected chi connectivity index (χ1v) is 6.39. The maximum absolute atomic E-state index is 9.30. The number of benzene rings is 1. The Balaban J connectivity index is 1.95. The Bertz CT molecular complexity index is 367. The number of rotatable bonds is 4. The summed E-state index contributed by atoms with van der Waals surface area (Å²) in [5, 5.41) is 9.30. The van der Waals surface area contributed by atoms with Crippen molar-refractivity contribution in [3.05, 3.63) is 35.9 Å². The van der Waals surface area contributed by atoms with Crippen molar-refractivity contribution in [1.82, 2.24) is 4.90 Å². The van der Waals surface area contributed by atoms with E-state index in [1.165, 1.54) is 5.56 Å². The molecule has 1 aliphatic rings. The zero-order valence-corrected chi connectivity index (χ0v) is 10.9. The number of nitrogens with zero attached hydrogens (tertiary/aromatic N) is 1. The second kappa shape index (κ2) is 5.80. The molecule has 1 aromatic carbocycles. The van der Waals surface area contributed by atoms with Gasteiger partial charge in [0.1, 0.15) is 0 Å². The summed E-state index contributed by atoms with van der Waals surface area (Å²) in [6.45, 7) is 5.03. The average molecular weight is 250 g/mol. The second-order valence-corrected chi connectivity index (χ2v) is 5.24. The van der Waals surface area contributed by atoms with E-state index in [1.54, 1.807) is 0 Å². The standard InChI is InChI=1S/C14H22N2O2/c1-14(15,11-17)13-10-16(7-8-18-13)9-12-5-3-2-4-6-12/h2-6,13,17H,7-11,15H2,1H3. The van der Waals surface area contributed by atoms with Crippen LogP contribution >= 0.6 is 0 Å². The molecule has 0 bridgehead atoms. The van der Waals surface area contributed by atoms with Gasteiger partial charge in [-0.15, -0.1) is 0 Å². The van der Waals surface area contributed by atoms with Crippen LogP contribution in [0.2, 0.25) is 0 Å². The normalized spacial score (nSPS) is 24.7. The predicted molar refractivity (Wildman–Crippen MR) is 71.1 cm³/mol. The van der Waals surface area contributed by atoms with Crippen molar-refractivity contribution in [3.8, 4) is 0 Å². The lowest BCUT2D eigenvalue weighted by molar-refractivity contribution is -0.0758. The van der Waals surface area contributed by atoms with Crippen LogP contribution in [0.25, 0.3) is 0 Å². The highest BCUT2D eigenvalue weighted by Crippen LogP contribution is 2.17. The monoisotopic (exact) mass is 250 g/mol. The van der Waals surface area contributed by atoms with E-state index in [4.69, 9.17) is 10.5 Å². The molecule has 1 fully saturated rings. The summed E-state index contributed by atoms with van der Waals surface area (Å²) in [6.07, 6.45) is -0.111. The first-order chi connectivity index (χ1) is 8.62. The fourth-order valence-corrected chi connectivity index (χ4v) is 2.19. The Hall–Kier alpha value is -0.940. The van der Waals surface area contributed by atoms with E-state index in [0.717, 1.165) is 19.6 Å². The molecule has 1 aromatic rings. The molecule has 0 amide bonds. The Morgan fingerprint density at radius 2 is 2.17 bits per heavy atom. The van der Waals surface area contributed by atoms with Gasteiger partial charge in [-0.3, -0.25) is 4.90 Å². The van der Waals surface area contributed by atoms with Crippen molar-refractivity contribution in [3.63, 3.8) is 0 Å². The van der Waals surface area contributed by atoms with E-state index in [1.807, 2.05) is 25.1 Å². The Kier molecular flexibility index (Phi) is 4.35. The smallest absolute Gasteiger partial charge is 0.0901 e. The SMILES string of the molecule is CC(N)(CO)C1CN(Cc2ccccc2)CCO1. The number of ether oxygens (including phenoxy) is 1. The van der Waals surface area contributed by atoms with Gasteiger partial charge in [-0.2, -0.15) is 0 Å². The molecule has 2 unspecified atom stereocenters. The lowest BCUT2D eigenvalue weighted by Gasteiger charge is -2.40. The van der Waals surface area contributed by atoms with Crippen molar-refractivity contribution in [2.75, 3.05) is 26.3 Å². The van der Waals surface area contributed by atoms with E-state index in [0.29, 0.717) is 6.61 Å². The first-order valence-electron chi connectivity index (χ1n) is 6.39. The molecule has 1 saturated heterocycles. The van der Waals surface area contributed by atoms with E-state index in [-0.39, 0.29) is 12.7 Å². The van der Waals surface area contributed by atoms with Crippen molar-refractivity contribution in [2.24, 2.45) is 5.73 Å². The fourth-order valence-electron chi connectivity index (χ4n) is 2.19. The highest BCUT2D eigenvalue weighted by Gasteiger charge is 2.34. The largest absolute Gasteiger partial charge is 0.394 e. The van der Waals surface area contributed by atoms with Crippen LogP contribution in [0.15, 0.2) is 30.3 Å². The molecular weight excluding hydrogens is 228 g/mol. The molecule has 1 aliphatic heterocycles. The molecule has 4 heteroatoms. The summed E-state index contributed by atoms with van der Waals surface area (Å²) < 4.78 is 5.67. The molecule has 100 valence electrons. The van der Waals surface area contributed by atoms with E-state index >= 15 is 0 Å². The van der Waals surface area contributed by atoms with Crippen LogP contribution in [0.4, 0.5) is 0 Å². The number of hydrogen-bond acceptors (Lipinski definition) is 4. The first kappa shape index (κ1) is 13.5. The number of nitrogens with two attached hydrogens (primary N) is 1. The molecule has 3 N–H and O–H groups in total. The number of aliphatic hydroxyl groups excluding tert-OH is 1. The molecular formula is C14H22N2O2. The van der Waals surface area contributed by atoms with Gasteiger partial charge in [0.2, 0.25) is 0 Å². The van der Waals surface area contributed by atoms with Crippen molar-refractivity contribution < 1.29 is 9.84 Å². The molecule has 0 saturated carbocycles. The van der Waals surface area contributed by atoms with Gasteiger partial charge in [0.25, 0.3) is 0 Å². The van der Waals surface area contributed by atoms with Crippen molar-refractivity contribution >= 4 is 0 Å². The molecule has 4 nitrogen and oxygen atoms in total. The van der Waals surface area contributed by atoms with Gasteiger partial charge in [-0.25, -0.2) is 0 Å². The van der Waals surface area contributed by atoms with Crippen molar-refractivity contribution in [2.45, 2.75) is 25.1 Å². The van der Waals surface area contributed by atoms with Crippen LogP contribution in [-0.4, -0.2) is 48.0 Å². The number of morpholine rings is 1. The van der Waals surface area contributed by atoms with Gasteiger partial charge in [-0.1, -0.05) is 30.3 Å². The fraction of sp³-hybridized carbons (Fsp3) is 0.571. The summed E-state index contributed by atoms with van der Waals surface area (Å²) in [6, 6.07) is 10.4. The van der Waals surface area contributed by atoms with Gasteiger partial charge < -0.3 is 15.6 Å².